The average Bonchev–Trinajstić information content (AvgIpc) is 2.38. The van der Waals surface area contributed by atoms with Crippen LogP contribution < -0.4 is 11.3 Å². The van der Waals surface area contributed by atoms with Crippen molar-refractivity contribution < 1.29 is 4.79 Å². The van der Waals surface area contributed by atoms with Gasteiger partial charge in [0.25, 0.3) is 0 Å². The van der Waals surface area contributed by atoms with E-state index in [1.54, 1.807) is 0 Å². The Labute approximate surface area is 107 Å². The molecule has 0 saturated heterocycles. The molecule has 94 valence electrons. The van der Waals surface area contributed by atoms with E-state index < -0.39 is 0 Å². The van der Waals surface area contributed by atoms with Crippen LogP contribution in [-0.4, -0.2) is 5.91 Å². The summed E-state index contributed by atoms with van der Waals surface area (Å²) in [4.78, 5) is 11.0. The number of nitrogens with one attached hydrogen (secondary N) is 1. The van der Waals surface area contributed by atoms with E-state index >= 15 is 0 Å². The Morgan fingerprint density at radius 2 is 1.89 bits per heavy atom. The lowest BCUT2D eigenvalue weighted by Crippen LogP contribution is -2.29. The second-order valence-corrected chi connectivity index (χ2v) is 4.61. The molecule has 0 fully saturated rings. The summed E-state index contributed by atoms with van der Waals surface area (Å²) < 4.78 is 0. The Balaban J connectivity index is 2.06. The van der Waals surface area contributed by atoms with Gasteiger partial charge in [0.15, 0.2) is 0 Å². The zero-order chi connectivity index (χ0) is 13.0. The summed E-state index contributed by atoms with van der Waals surface area (Å²) in [6, 6.07) is 12.9. The number of hydrogen-bond donors (Lipinski definition) is 2. The predicted molar refractivity (Wildman–Crippen MR) is 74.0 cm³/mol. The molecular weight excluding hydrogens is 224 g/mol. The topological polar surface area (TPSA) is 55.1 Å². The average molecular weight is 242 g/mol. The normalized spacial score (nSPS) is 10.6. The number of rotatable bonds is 4. The number of aryl methyl sites for hydroxylation is 2. The van der Waals surface area contributed by atoms with Gasteiger partial charge in [-0.25, -0.2) is 5.84 Å². The molecule has 18 heavy (non-hydrogen) atoms. The van der Waals surface area contributed by atoms with Gasteiger partial charge >= 0.3 is 0 Å². The highest BCUT2D eigenvalue weighted by molar-refractivity contribution is 5.83. The minimum atomic E-state index is -0.105. The Kier molecular flexibility index (Phi) is 3.95. The van der Waals surface area contributed by atoms with Crippen LogP contribution >= 0.6 is 0 Å². The minimum absolute atomic E-state index is 0.105. The molecule has 2 aromatic rings. The third-order valence-corrected chi connectivity index (χ3v) is 3.09. The van der Waals surface area contributed by atoms with Gasteiger partial charge in [0.05, 0.1) is 0 Å². The fourth-order valence-corrected chi connectivity index (χ4v) is 2.10. The maximum atomic E-state index is 11.0. The van der Waals surface area contributed by atoms with E-state index in [0.29, 0.717) is 6.42 Å². The first kappa shape index (κ1) is 12.6. The molecule has 0 aromatic heterocycles. The van der Waals surface area contributed by atoms with Crippen LogP contribution in [0.1, 0.15) is 24.0 Å². The van der Waals surface area contributed by atoms with E-state index in [0.717, 1.165) is 12.8 Å². The maximum absolute atomic E-state index is 11.0. The summed E-state index contributed by atoms with van der Waals surface area (Å²) in [5.41, 5.74) is 4.68. The van der Waals surface area contributed by atoms with Gasteiger partial charge in [-0.2, -0.15) is 0 Å². The number of carbonyl (C=O) groups is 1. The second kappa shape index (κ2) is 5.65. The first-order valence-corrected chi connectivity index (χ1v) is 6.18. The van der Waals surface area contributed by atoms with Crippen molar-refractivity contribution >= 4 is 16.7 Å². The zero-order valence-corrected chi connectivity index (χ0v) is 10.6. The molecule has 3 heteroatoms. The Morgan fingerprint density at radius 1 is 1.17 bits per heavy atom. The van der Waals surface area contributed by atoms with E-state index in [1.807, 2.05) is 0 Å². The predicted octanol–water partition coefficient (Wildman–Crippen LogP) is 2.46. The van der Waals surface area contributed by atoms with Crippen molar-refractivity contribution in [2.24, 2.45) is 5.84 Å². The fraction of sp³-hybridized carbons (Fsp3) is 0.267. The summed E-state index contributed by atoms with van der Waals surface area (Å²) in [5, 5.41) is 2.51. The van der Waals surface area contributed by atoms with Gasteiger partial charge in [-0.05, 0) is 36.1 Å². The number of hydrazine groups is 1. The molecule has 1 amide bonds. The zero-order valence-electron chi connectivity index (χ0n) is 10.6. The Morgan fingerprint density at radius 3 is 2.67 bits per heavy atom. The van der Waals surface area contributed by atoms with Crippen molar-refractivity contribution in [2.45, 2.75) is 26.2 Å². The van der Waals surface area contributed by atoms with Crippen LogP contribution in [-0.2, 0) is 11.2 Å². The van der Waals surface area contributed by atoms with Crippen LogP contribution in [0.2, 0.25) is 0 Å². The van der Waals surface area contributed by atoms with Gasteiger partial charge in [0.2, 0.25) is 5.91 Å². The van der Waals surface area contributed by atoms with Crippen LogP contribution in [0.3, 0.4) is 0 Å². The molecule has 3 nitrogen and oxygen atoms in total. The highest BCUT2D eigenvalue weighted by atomic mass is 16.2. The van der Waals surface area contributed by atoms with Crippen molar-refractivity contribution in [1.82, 2.24) is 5.43 Å². The SMILES string of the molecule is Cc1ccc2cc(CCCC(=O)NN)ccc2c1. The Hall–Kier alpha value is -1.87. The van der Waals surface area contributed by atoms with Crippen molar-refractivity contribution in [2.75, 3.05) is 0 Å². The number of carbonyl (C=O) groups excluding carboxylic acids is 1. The maximum Gasteiger partial charge on any atom is 0.233 e. The Bertz CT molecular complexity index is 563. The van der Waals surface area contributed by atoms with Gasteiger partial charge in [-0.1, -0.05) is 42.0 Å². The van der Waals surface area contributed by atoms with Crippen molar-refractivity contribution in [3.8, 4) is 0 Å². The molecule has 0 aliphatic rings. The molecule has 0 bridgehead atoms. The highest BCUT2D eigenvalue weighted by Crippen LogP contribution is 2.18. The second-order valence-electron chi connectivity index (χ2n) is 4.61. The van der Waals surface area contributed by atoms with Crippen molar-refractivity contribution in [1.29, 1.82) is 0 Å². The molecule has 0 radical (unpaired) electrons. The summed E-state index contributed by atoms with van der Waals surface area (Å²) in [6.45, 7) is 2.10. The van der Waals surface area contributed by atoms with E-state index in [2.05, 4.69) is 48.7 Å². The third-order valence-electron chi connectivity index (χ3n) is 3.09. The molecule has 2 rings (SSSR count). The van der Waals surface area contributed by atoms with E-state index in [-0.39, 0.29) is 5.91 Å². The molecule has 0 aliphatic heterocycles. The lowest BCUT2D eigenvalue weighted by molar-refractivity contribution is -0.121. The molecule has 0 spiro atoms. The lowest BCUT2D eigenvalue weighted by atomic mass is 10.0. The van der Waals surface area contributed by atoms with Crippen molar-refractivity contribution in [3.05, 3.63) is 47.5 Å². The van der Waals surface area contributed by atoms with E-state index in [1.165, 1.54) is 21.9 Å². The summed E-state index contributed by atoms with van der Waals surface area (Å²) in [7, 11) is 0. The first-order valence-electron chi connectivity index (χ1n) is 6.18. The van der Waals surface area contributed by atoms with Gasteiger partial charge in [-0.15, -0.1) is 0 Å². The molecule has 3 N–H and O–H groups in total. The number of amides is 1. The molecule has 0 atom stereocenters. The van der Waals surface area contributed by atoms with E-state index in [4.69, 9.17) is 5.84 Å². The van der Waals surface area contributed by atoms with Gasteiger partial charge < -0.3 is 0 Å². The van der Waals surface area contributed by atoms with Crippen LogP contribution in [0, 0.1) is 6.92 Å². The summed E-state index contributed by atoms with van der Waals surface area (Å²) >= 11 is 0. The largest absolute Gasteiger partial charge is 0.294 e. The molecule has 0 unspecified atom stereocenters. The number of fused-ring (bicyclic) bond motifs is 1. The van der Waals surface area contributed by atoms with Gasteiger partial charge in [0.1, 0.15) is 0 Å². The molecular formula is C15H18N2O. The van der Waals surface area contributed by atoms with Crippen LogP contribution in [0.25, 0.3) is 10.8 Å². The van der Waals surface area contributed by atoms with Gasteiger partial charge in [-0.3, -0.25) is 10.2 Å². The molecule has 0 heterocycles. The number of benzene rings is 2. The highest BCUT2D eigenvalue weighted by Gasteiger charge is 2.00. The molecule has 2 aromatic carbocycles. The lowest BCUT2D eigenvalue weighted by Gasteiger charge is -2.04. The van der Waals surface area contributed by atoms with Crippen LogP contribution in [0.15, 0.2) is 36.4 Å². The van der Waals surface area contributed by atoms with Crippen molar-refractivity contribution in [3.63, 3.8) is 0 Å². The monoisotopic (exact) mass is 242 g/mol. The van der Waals surface area contributed by atoms with Crippen LogP contribution in [0.4, 0.5) is 0 Å². The molecule has 0 aliphatic carbocycles. The standard InChI is InChI=1S/C15H18N2O/c1-11-5-7-14-10-12(6-8-13(14)9-11)3-2-4-15(18)17-16/h5-10H,2-4,16H2,1H3,(H,17,18). The summed E-state index contributed by atoms with van der Waals surface area (Å²) in [6.07, 6.45) is 2.19. The number of nitrogens with two attached hydrogens (primary N) is 1. The first-order chi connectivity index (χ1) is 8.69. The van der Waals surface area contributed by atoms with Gasteiger partial charge in [0, 0.05) is 6.42 Å². The molecule has 0 saturated carbocycles. The fourth-order valence-electron chi connectivity index (χ4n) is 2.10. The van der Waals surface area contributed by atoms with E-state index in [9.17, 15) is 4.79 Å². The van der Waals surface area contributed by atoms with Crippen LogP contribution in [0.5, 0.6) is 0 Å². The summed E-state index contributed by atoms with van der Waals surface area (Å²) in [5.74, 6) is 4.94. The minimum Gasteiger partial charge on any atom is -0.294 e. The number of hydrogen-bond acceptors (Lipinski definition) is 2. The quantitative estimate of drug-likeness (QED) is 0.491. The smallest absolute Gasteiger partial charge is 0.233 e. The third kappa shape index (κ3) is 3.08.